The van der Waals surface area contributed by atoms with Gasteiger partial charge in [-0.15, -0.1) is 0 Å². The van der Waals surface area contributed by atoms with Gasteiger partial charge in [0.25, 0.3) is 0 Å². The van der Waals surface area contributed by atoms with E-state index < -0.39 is 10.0 Å². The number of hydrogen-bond acceptors (Lipinski definition) is 6. The van der Waals surface area contributed by atoms with E-state index >= 15 is 0 Å². The first-order valence-corrected chi connectivity index (χ1v) is 11.9. The third-order valence-electron chi connectivity index (χ3n) is 5.62. The van der Waals surface area contributed by atoms with Crippen LogP contribution in [0.5, 0.6) is 5.75 Å². The Morgan fingerprint density at radius 2 is 1.62 bits per heavy atom. The number of benzene rings is 2. The topological polar surface area (TPSA) is 96.0 Å². The van der Waals surface area contributed by atoms with Crippen molar-refractivity contribution >= 4 is 27.4 Å². The van der Waals surface area contributed by atoms with E-state index in [1.54, 1.807) is 43.5 Å². The van der Waals surface area contributed by atoms with Gasteiger partial charge in [0.15, 0.2) is 5.78 Å². The third-order valence-corrected chi connectivity index (χ3v) is 7.45. The molecule has 1 aliphatic heterocycles. The second-order valence-electron chi connectivity index (χ2n) is 8.00. The lowest BCUT2D eigenvalue weighted by molar-refractivity contribution is -0.117. The van der Waals surface area contributed by atoms with Crippen LogP contribution < -0.4 is 10.1 Å². The average molecular weight is 460 g/mol. The van der Waals surface area contributed by atoms with Gasteiger partial charge in [0.1, 0.15) is 5.75 Å². The summed E-state index contributed by atoms with van der Waals surface area (Å²) < 4.78 is 30.5. The molecule has 1 heterocycles. The number of ether oxygens (including phenoxy) is 1. The van der Waals surface area contributed by atoms with E-state index in [0.717, 1.165) is 10.1 Å². The number of sulfonamides is 1. The Hall–Kier alpha value is -2.75. The van der Waals surface area contributed by atoms with Crippen molar-refractivity contribution in [3.63, 3.8) is 0 Å². The molecule has 0 spiro atoms. The minimum atomic E-state index is -3.50. The molecule has 0 bridgehead atoms. The maximum Gasteiger partial charge on any atom is 0.242 e. The number of nitrogens with zero attached hydrogens (tertiary/aromatic N) is 2. The number of amides is 1. The smallest absolute Gasteiger partial charge is 0.242 e. The van der Waals surface area contributed by atoms with Crippen LogP contribution >= 0.6 is 0 Å². The summed E-state index contributed by atoms with van der Waals surface area (Å²) in [6, 6.07) is 13.3. The van der Waals surface area contributed by atoms with Gasteiger partial charge in [0.05, 0.1) is 18.6 Å². The molecule has 1 fully saturated rings. The van der Waals surface area contributed by atoms with Crippen LogP contribution in [0, 0.1) is 5.92 Å². The quantitative estimate of drug-likeness (QED) is 0.610. The van der Waals surface area contributed by atoms with Crippen molar-refractivity contribution in [1.29, 1.82) is 0 Å². The average Bonchev–Trinajstić information content (AvgIpc) is 2.79. The summed E-state index contributed by atoms with van der Waals surface area (Å²) in [5.41, 5.74) is 1.22. The first-order valence-electron chi connectivity index (χ1n) is 10.4. The highest BCUT2D eigenvalue weighted by atomic mass is 32.2. The molecule has 3 rings (SSSR count). The van der Waals surface area contributed by atoms with E-state index in [9.17, 15) is 18.0 Å². The molecule has 9 heteroatoms. The van der Waals surface area contributed by atoms with Gasteiger partial charge in [-0.1, -0.05) is 0 Å². The summed E-state index contributed by atoms with van der Waals surface area (Å²) in [5.74, 6) is 0.628. The Morgan fingerprint density at radius 3 is 2.16 bits per heavy atom. The lowest BCUT2D eigenvalue weighted by Crippen LogP contribution is -2.40. The Morgan fingerprint density at radius 1 is 1.03 bits per heavy atom. The second kappa shape index (κ2) is 10.2. The van der Waals surface area contributed by atoms with Gasteiger partial charge in [-0.3, -0.25) is 14.5 Å². The molecule has 0 radical (unpaired) electrons. The lowest BCUT2D eigenvalue weighted by Gasteiger charge is -2.30. The molecule has 0 aromatic heterocycles. The molecule has 0 aliphatic carbocycles. The monoisotopic (exact) mass is 459 g/mol. The molecule has 1 aliphatic rings. The Labute approximate surface area is 189 Å². The zero-order chi connectivity index (χ0) is 23.3. The molecule has 1 amide bonds. The highest BCUT2D eigenvalue weighted by Crippen LogP contribution is 2.23. The van der Waals surface area contributed by atoms with Gasteiger partial charge >= 0.3 is 0 Å². The van der Waals surface area contributed by atoms with Crippen LogP contribution in [-0.4, -0.2) is 70.2 Å². The Kier molecular flexibility index (Phi) is 7.65. The van der Waals surface area contributed by atoms with Gasteiger partial charge < -0.3 is 10.1 Å². The number of rotatable bonds is 8. The fourth-order valence-electron chi connectivity index (χ4n) is 3.67. The summed E-state index contributed by atoms with van der Waals surface area (Å²) in [5, 5.41) is 2.80. The van der Waals surface area contributed by atoms with Crippen molar-refractivity contribution in [2.24, 2.45) is 5.92 Å². The van der Waals surface area contributed by atoms with Gasteiger partial charge in [-0.2, -0.15) is 0 Å². The number of carbonyl (C=O) groups is 2. The molecular formula is C23H29N3O5S. The number of ketones is 1. The van der Waals surface area contributed by atoms with E-state index in [1.807, 2.05) is 4.90 Å². The maximum absolute atomic E-state index is 12.7. The minimum Gasteiger partial charge on any atom is -0.497 e. The number of hydrogen-bond donors (Lipinski definition) is 1. The molecule has 8 nitrogen and oxygen atoms in total. The molecule has 0 atom stereocenters. The Balaban J connectivity index is 1.48. The molecule has 0 saturated carbocycles. The SMILES string of the molecule is COc1ccc(C(=O)C2CCN(CC(=O)Nc3ccc(S(=O)(=O)N(C)C)cc3)CC2)cc1. The summed E-state index contributed by atoms with van der Waals surface area (Å²) in [4.78, 5) is 27.3. The van der Waals surface area contributed by atoms with Crippen LogP contribution in [0.4, 0.5) is 5.69 Å². The first kappa shape index (κ1) is 23.9. The summed E-state index contributed by atoms with van der Waals surface area (Å²) in [6.07, 6.45) is 1.41. The predicted molar refractivity (Wildman–Crippen MR) is 122 cm³/mol. The molecule has 32 heavy (non-hydrogen) atoms. The number of methoxy groups -OCH3 is 1. The standard InChI is InChI=1S/C23H29N3O5S/c1-25(2)32(29,30)21-10-6-19(7-11-21)24-22(27)16-26-14-12-18(13-15-26)23(28)17-4-8-20(31-3)9-5-17/h4-11,18H,12-16H2,1-3H3,(H,24,27). The molecular weight excluding hydrogens is 430 g/mol. The molecule has 1 saturated heterocycles. The Bertz CT molecular complexity index is 1040. The van der Waals surface area contributed by atoms with Crippen LogP contribution in [0.1, 0.15) is 23.2 Å². The van der Waals surface area contributed by atoms with Crippen molar-refractivity contribution in [3.05, 3.63) is 54.1 Å². The lowest BCUT2D eigenvalue weighted by atomic mass is 9.89. The largest absolute Gasteiger partial charge is 0.497 e. The molecule has 1 N–H and O–H groups in total. The zero-order valence-corrected chi connectivity index (χ0v) is 19.4. The molecule has 0 unspecified atom stereocenters. The van der Waals surface area contributed by atoms with E-state index in [2.05, 4.69) is 5.32 Å². The summed E-state index contributed by atoms with van der Waals surface area (Å²) in [7, 11) is 1.03. The summed E-state index contributed by atoms with van der Waals surface area (Å²) >= 11 is 0. The molecule has 172 valence electrons. The van der Waals surface area contributed by atoms with Crippen LogP contribution in [0.25, 0.3) is 0 Å². The minimum absolute atomic E-state index is 0.0473. The number of likely N-dealkylation sites (tertiary alicyclic amines) is 1. The van der Waals surface area contributed by atoms with Gasteiger partial charge in [-0.05, 0) is 74.5 Å². The predicted octanol–water partition coefficient (Wildman–Crippen LogP) is 2.48. The van der Waals surface area contributed by atoms with Gasteiger partial charge in [0.2, 0.25) is 15.9 Å². The van der Waals surface area contributed by atoms with Crippen molar-refractivity contribution in [1.82, 2.24) is 9.21 Å². The van der Waals surface area contributed by atoms with Gasteiger partial charge in [0, 0.05) is 31.3 Å². The van der Waals surface area contributed by atoms with E-state index in [-0.39, 0.29) is 29.0 Å². The highest BCUT2D eigenvalue weighted by Gasteiger charge is 2.26. The fraction of sp³-hybridized carbons (Fsp3) is 0.391. The third kappa shape index (κ3) is 5.73. The van der Waals surface area contributed by atoms with E-state index in [4.69, 9.17) is 4.74 Å². The van der Waals surface area contributed by atoms with Crippen molar-refractivity contribution in [2.45, 2.75) is 17.7 Å². The van der Waals surface area contributed by atoms with Crippen LogP contribution in [0.3, 0.4) is 0 Å². The zero-order valence-electron chi connectivity index (χ0n) is 18.6. The number of carbonyl (C=O) groups excluding carboxylic acids is 2. The fourth-order valence-corrected chi connectivity index (χ4v) is 4.57. The number of nitrogens with one attached hydrogen (secondary N) is 1. The summed E-state index contributed by atoms with van der Waals surface area (Å²) in [6.45, 7) is 1.56. The first-order chi connectivity index (χ1) is 15.2. The highest BCUT2D eigenvalue weighted by molar-refractivity contribution is 7.89. The number of Topliss-reactive ketones (excluding diaryl/α,β-unsaturated/α-hetero) is 1. The van der Waals surface area contributed by atoms with Crippen LogP contribution in [-0.2, 0) is 14.8 Å². The molecule has 2 aromatic carbocycles. The van der Waals surface area contributed by atoms with E-state index in [0.29, 0.717) is 37.2 Å². The number of piperidine rings is 1. The van der Waals surface area contributed by atoms with E-state index in [1.165, 1.54) is 26.2 Å². The number of anilines is 1. The van der Waals surface area contributed by atoms with Crippen LogP contribution in [0.15, 0.2) is 53.4 Å². The second-order valence-corrected chi connectivity index (χ2v) is 10.2. The van der Waals surface area contributed by atoms with Gasteiger partial charge in [-0.25, -0.2) is 12.7 Å². The van der Waals surface area contributed by atoms with Crippen molar-refractivity contribution in [3.8, 4) is 5.75 Å². The van der Waals surface area contributed by atoms with Crippen molar-refractivity contribution in [2.75, 3.05) is 46.2 Å². The molecule has 2 aromatic rings. The maximum atomic E-state index is 12.7. The van der Waals surface area contributed by atoms with Crippen molar-refractivity contribution < 1.29 is 22.7 Å². The normalized spacial score (nSPS) is 15.5. The van der Waals surface area contributed by atoms with Crippen LogP contribution in [0.2, 0.25) is 0 Å².